The van der Waals surface area contributed by atoms with E-state index in [1.54, 1.807) is 23.2 Å². The van der Waals surface area contributed by atoms with Crippen LogP contribution in [-0.4, -0.2) is 22.7 Å². The Labute approximate surface area is 85.7 Å². The first-order valence-electron chi connectivity index (χ1n) is 4.14. The summed E-state index contributed by atoms with van der Waals surface area (Å²) in [5, 5.41) is 3.05. The van der Waals surface area contributed by atoms with Crippen molar-refractivity contribution in [3.63, 3.8) is 0 Å². The molecule has 0 atom stereocenters. The van der Waals surface area contributed by atoms with Gasteiger partial charge < -0.3 is 5.32 Å². The number of likely N-dealkylation sites (N-methyl/N-ethyl adjacent to an activating group) is 1. The average molecular weight is 248 g/mol. The lowest BCUT2D eigenvalue weighted by Crippen LogP contribution is -2.21. The van der Waals surface area contributed by atoms with Gasteiger partial charge in [0.15, 0.2) is 0 Å². The van der Waals surface area contributed by atoms with Gasteiger partial charge in [0, 0.05) is 27.1 Å². The van der Waals surface area contributed by atoms with E-state index in [-0.39, 0.29) is 5.69 Å². The third-order valence-electron chi connectivity index (χ3n) is 2.12. The molecule has 74 valence electrons. The standard InChI is InChI=1S/C8H14BrN3O/c1-10-5-4-6-7(9)12(3)8(13)11(6)2/h10H,4-5H2,1-3H3. The van der Waals surface area contributed by atoms with Crippen LogP contribution in [-0.2, 0) is 20.5 Å². The van der Waals surface area contributed by atoms with Crippen molar-refractivity contribution in [2.24, 2.45) is 14.1 Å². The van der Waals surface area contributed by atoms with Crippen molar-refractivity contribution in [1.82, 2.24) is 14.5 Å². The highest BCUT2D eigenvalue weighted by Gasteiger charge is 2.11. The van der Waals surface area contributed by atoms with Gasteiger partial charge in [-0.3, -0.25) is 9.13 Å². The lowest BCUT2D eigenvalue weighted by atomic mass is 10.3. The van der Waals surface area contributed by atoms with Crippen molar-refractivity contribution in [3.8, 4) is 0 Å². The SMILES string of the molecule is CNCCc1c(Br)n(C)c(=O)n1C. The fourth-order valence-electron chi connectivity index (χ4n) is 1.27. The van der Waals surface area contributed by atoms with Crippen LogP contribution >= 0.6 is 15.9 Å². The predicted octanol–water partition coefficient (Wildman–Crippen LogP) is 0.248. The number of hydrogen-bond acceptors (Lipinski definition) is 2. The number of aromatic nitrogens is 2. The van der Waals surface area contributed by atoms with Gasteiger partial charge in [0.25, 0.3) is 0 Å². The molecular formula is C8H14BrN3O. The van der Waals surface area contributed by atoms with E-state index in [9.17, 15) is 4.79 Å². The van der Waals surface area contributed by atoms with Crippen molar-refractivity contribution in [1.29, 1.82) is 0 Å². The molecule has 5 heteroatoms. The summed E-state index contributed by atoms with van der Waals surface area (Å²) < 4.78 is 4.14. The molecule has 0 saturated heterocycles. The molecule has 0 radical (unpaired) electrons. The van der Waals surface area contributed by atoms with E-state index in [1.165, 1.54) is 0 Å². The maximum atomic E-state index is 11.4. The minimum atomic E-state index is 0.0120. The third-order valence-corrected chi connectivity index (χ3v) is 3.11. The molecule has 1 aromatic rings. The number of nitrogens with zero attached hydrogens (tertiary/aromatic N) is 2. The second-order valence-electron chi connectivity index (χ2n) is 2.99. The van der Waals surface area contributed by atoms with E-state index >= 15 is 0 Å². The fourth-order valence-corrected chi connectivity index (χ4v) is 1.89. The van der Waals surface area contributed by atoms with Crippen LogP contribution < -0.4 is 11.0 Å². The fraction of sp³-hybridized carbons (Fsp3) is 0.625. The quantitative estimate of drug-likeness (QED) is 0.832. The van der Waals surface area contributed by atoms with Gasteiger partial charge in [0.1, 0.15) is 4.60 Å². The Morgan fingerprint density at radius 2 is 2.00 bits per heavy atom. The molecule has 1 aromatic heterocycles. The van der Waals surface area contributed by atoms with Crippen molar-refractivity contribution in [3.05, 3.63) is 20.8 Å². The number of nitrogens with one attached hydrogen (secondary N) is 1. The van der Waals surface area contributed by atoms with E-state index < -0.39 is 0 Å². The molecule has 1 rings (SSSR count). The van der Waals surface area contributed by atoms with Gasteiger partial charge >= 0.3 is 5.69 Å². The second-order valence-corrected chi connectivity index (χ2v) is 3.74. The summed E-state index contributed by atoms with van der Waals surface area (Å²) in [5.74, 6) is 0. The molecule has 0 amide bonds. The number of rotatable bonds is 3. The Morgan fingerprint density at radius 1 is 1.38 bits per heavy atom. The molecule has 1 N–H and O–H groups in total. The molecule has 1 heterocycles. The Bertz CT molecular complexity index is 353. The monoisotopic (exact) mass is 247 g/mol. The molecule has 0 aliphatic heterocycles. The summed E-state index contributed by atoms with van der Waals surface area (Å²) in [7, 11) is 5.45. The summed E-state index contributed by atoms with van der Waals surface area (Å²) in [4.78, 5) is 11.4. The number of hydrogen-bond donors (Lipinski definition) is 1. The molecule has 0 bridgehead atoms. The smallest absolute Gasteiger partial charge is 0.319 e. The molecule has 0 fully saturated rings. The van der Waals surface area contributed by atoms with Crippen LogP contribution in [0.1, 0.15) is 5.69 Å². The molecule has 0 spiro atoms. The van der Waals surface area contributed by atoms with Crippen molar-refractivity contribution < 1.29 is 0 Å². The largest absolute Gasteiger partial charge is 0.328 e. The molecule has 13 heavy (non-hydrogen) atoms. The Hall–Kier alpha value is -0.550. The minimum absolute atomic E-state index is 0.0120. The highest BCUT2D eigenvalue weighted by atomic mass is 79.9. The predicted molar refractivity (Wildman–Crippen MR) is 56.0 cm³/mol. The topological polar surface area (TPSA) is 39.0 Å². The minimum Gasteiger partial charge on any atom is -0.319 e. The normalized spacial score (nSPS) is 10.8. The molecule has 0 unspecified atom stereocenters. The first kappa shape index (κ1) is 10.5. The summed E-state index contributed by atoms with van der Waals surface area (Å²) in [6, 6.07) is 0. The summed E-state index contributed by atoms with van der Waals surface area (Å²) in [6.45, 7) is 0.871. The van der Waals surface area contributed by atoms with Gasteiger partial charge in [-0.2, -0.15) is 0 Å². The van der Waals surface area contributed by atoms with Crippen LogP contribution in [0.3, 0.4) is 0 Å². The second kappa shape index (κ2) is 4.11. The maximum Gasteiger partial charge on any atom is 0.328 e. The lowest BCUT2D eigenvalue weighted by molar-refractivity contribution is 0.716. The first-order valence-corrected chi connectivity index (χ1v) is 4.93. The average Bonchev–Trinajstić information content (AvgIpc) is 2.30. The van der Waals surface area contributed by atoms with Crippen molar-refractivity contribution in [2.75, 3.05) is 13.6 Å². The lowest BCUT2D eigenvalue weighted by Gasteiger charge is -2.01. The van der Waals surface area contributed by atoms with E-state index in [0.29, 0.717) is 0 Å². The van der Waals surface area contributed by atoms with Crippen LogP contribution in [0.4, 0.5) is 0 Å². The van der Waals surface area contributed by atoms with Crippen LogP contribution in [0, 0.1) is 0 Å². The molecule has 4 nitrogen and oxygen atoms in total. The van der Waals surface area contributed by atoms with E-state index in [1.807, 2.05) is 7.05 Å². The van der Waals surface area contributed by atoms with Crippen LogP contribution in [0.15, 0.2) is 9.40 Å². The number of halogens is 1. The van der Waals surface area contributed by atoms with E-state index in [2.05, 4.69) is 21.2 Å². The zero-order chi connectivity index (χ0) is 10.0. The zero-order valence-electron chi connectivity index (χ0n) is 8.09. The van der Waals surface area contributed by atoms with Gasteiger partial charge in [-0.15, -0.1) is 0 Å². The van der Waals surface area contributed by atoms with Gasteiger partial charge in [0.2, 0.25) is 0 Å². The van der Waals surface area contributed by atoms with Gasteiger partial charge in [-0.1, -0.05) is 0 Å². The van der Waals surface area contributed by atoms with Crippen LogP contribution in [0.25, 0.3) is 0 Å². The Morgan fingerprint density at radius 3 is 2.38 bits per heavy atom. The van der Waals surface area contributed by atoms with Gasteiger partial charge in [0.05, 0.1) is 5.69 Å². The number of imidazole rings is 1. The van der Waals surface area contributed by atoms with Crippen LogP contribution in [0.5, 0.6) is 0 Å². The summed E-state index contributed by atoms with van der Waals surface area (Å²) >= 11 is 3.40. The molecule has 0 saturated carbocycles. The first-order chi connectivity index (χ1) is 6.09. The van der Waals surface area contributed by atoms with Crippen molar-refractivity contribution in [2.45, 2.75) is 6.42 Å². The molecule has 0 aliphatic rings. The maximum absolute atomic E-state index is 11.4. The van der Waals surface area contributed by atoms with Gasteiger partial charge in [-0.05, 0) is 23.0 Å². The summed E-state index contributed by atoms with van der Waals surface area (Å²) in [5.41, 5.74) is 1.04. The zero-order valence-corrected chi connectivity index (χ0v) is 9.68. The van der Waals surface area contributed by atoms with E-state index in [4.69, 9.17) is 0 Å². The molecular weight excluding hydrogens is 234 g/mol. The van der Waals surface area contributed by atoms with Crippen LogP contribution in [0.2, 0.25) is 0 Å². The molecule has 0 aliphatic carbocycles. The van der Waals surface area contributed by atoms with E-state index in [0.717, 1.165) is 23.3 Å². The Balaban J connectivity index is 3.06. The van der Waals surface area contributed by atoms with Gasteiger partial charge in [-0.25, -0.2) is 4.79 Å². The summed E-state index contributed by atoms with van der Waals surface area (Å²) in [6.07, 6.45) is 0.851. The molecule has 0 aromatic carbocycles. The highest BCUT2D eigenvalue weighted by Crippen LogP contribution is 2.13. The highest BCUT2D eigenvalue weighted by molar-refractivity contribution is 9.10. The third kappa shape index (κ3) is 1.86. The Kier molecular flexibility index (Phi) is 3.33. The van der Waals surface area contributed by atoms with Crippen molar-refractivity contribution >= 4 is 15.9 Å².